The summed E-state index contributed by atoms with van der Waals surface area (Å²) in [5.74, 6) is 0.184. The third-order valence-electron chi connectivity index (χ3n) is 6.06. The topological polar surface area (TPSA) is 35.6 Å². The van der Waals surface area contributed by atoms with E-state index in [1.165, 1.54) is 32.4 Å². The van der Waals surface area contributed by atoms with Gasteiger partial charge in [0, 0.05) is 25.8 Å². The Bertz CT molecular complexity index is 591. The molecule has 1 spiro atoms. The first-order chi connectivity index (χ1) is 11.5. The van der Waals surface area contributed by atoms with Crippen LogP contribution in [0.5, 0.6) is 0 Å². The van der Waals surface area contributed by atoms with Gasteiger partial charge in [0.25, 0.3) is 5.91 Å². The zero-order valence-corrected chi connectivity index (χ0v) is 15.4. The highest BCUT2D eigenvalue weighted by Gasteiger charge is 2.37. The molecule has 2 aliphatic heterocycles. The quantitative estimate of drug-likeness (QED) is 0.903. The standard InChI is InChI=1S/C20H31N3O/c1-16-5-6-18(21-2)17(15-16)19(24)23-13-9-20(10-14-23)7-4-11-22(3)12-8-20/h5-6,15,21H,4,7-14H2,1-3H3. The fraction of sp³-hybridized carbons (Fsp3) is 0.650. The average Bonchev–Trinajstić information content (AvgIpc) is 2.77. The van der Waals surface area contributed by atoms with Crippen molar-refractivity contribution in [1.29, 1.82) is 0 Å². The van der Waals surface area contributed by atoms with Crippen LogP contribution in [-0.2, 0) is 0 Å². The minimum absolute atomic E-state index is 0.184. The number of carbonyl (C=O) groups excluding carboxylic acids is 1. The molecule has 2 aliphatic rings. The predicted molar refractivity (Wildman–Crippen MR) is 99.6 cm³/mol. The molecule has 2 saturated heterocycles. The molecule has 4 nitrogen and oxygen atoms in total. The summed E-state index contributed by atoms with van der Waals surface area (Å²) in [6.45, 7) is 6.28. The third kappa shape index (κ3) is 3.59. The molecular weight excluding hydrogens is 298 g/mol. The zero-order valence-electron chi connectivity index (χ0n) is 15.4. The van der Waals surface area contributed by atoms with E-state index >= 15 is 0 Å². The maximum atomic E-state index is 13.0. The van der Waals surface area contributed by atoms with Crippen LogP contribution in [0.4, 0.5) is 5.69 Å². The predicted octanol–water partition coefficient (Wildman–Crippen LogP) is 3.37. The highest BCUT2D eigenvalue weighted by molar-refractivity contribution is 5.99. The van der Waals surface area contributed by atoms with Crippen LogP contribution in [0.2, 0.25) is 0 Å². The Hall–Kier alpha value is -1.55. The summed E-state index contributed by atoms with van der Waals surface area (Å²) < 4.78 is 0. The number of rotatable bonds is 2. The van der Waals surface area contributed by atoms with Crippen molar-refractivity contribution in [3.63, 3.8) is 0 Å². The van der Waals surface area contributed by atoms with Crippen LogP contribution in [0, 0.1) is 12.3 Å². The van der Waals surface area contributed by atoms with Crippen molar-refractivity contribution in [2.24, 2.45) is 5.41 Å². The monoisotopic (exact) mass is 329 g/mol. The van der Waals surface area contributed by atoms with E-state index in [0.29, 0.717) is 5.41 Å². The molecular formula is C20H31N3O. The summed E-state index contributed by atoms with van der Waals surface area (Å²) in [4.78, 5) is 17.5. The summed E-state index contributed by atoms with van der Waals surface area (Å²) in [7, 11) is 4.11. The van der Waals surface area contributed by atoms with Gasteiger partial charge in [0.1, 0.15) is 0 Å². The van der Waals surface area contributed by atoms with Crippen molar-refractivity contribution in [2.45, 2.75) is 39.0 Å². The van der Waals surface area contributed by atoms with Gasteiger partial charge in [-0.25, -0.2) is 0 Å². The summed E-state index contributed by atoms with van der Waals surface area (Å²) in [6, 6.07) is 6.07. The second-order valence-corrected chi connectivity index (χ2v) is 7.75. The van der Waals surface area contributed by atoms with Gasteiger partial charge in [-0.3, -0.25) is 4.79 Å². The van der Waals surface area contributed by atoms with E-state index in [1.54, 1.807) is 0 Å². The normalized spacial score (nSPS) is 21.5. The Morgan fingerprint density at radius 2 is 1.79 bits per heavy atom. The lowest BCUT2D eigenvalue weighted by Gasteiger charge is -2.41. The number of amides is 1. The van der Waals surface area contributed by atoms with Gasteiger partial charge in [0.05, 0.1) is 5.56 Å². The Kier molecular flexibility index (Phi) is 5.14. The van der Waals surface area contributed by atoms with Crippen molar-refractivity contribution >= 4 is 11.6 Å². The number of hydrogen-bond acceptors (Lipinski definition) is 3. The first-order valence-corrected chi connectivity index (χ1v) is 9.29. The van der Waals surface area contributed by atoms with Gasteiger partial charge in [0.15, 0.2) is 0 Å². The maximum absolute atomic E-state index is 13.0. The van der Waals surface area contributed by atoms with Crippen LogP contribution in [0.15, 0.2) is 18.2 Å². The smallest absolute Gasteiger partial charge is 0.255 e. The molecule has 0 aromatic heterocycles. The van der Waals surface area contributed by atoms with Crippen LogP contribution < -0.4 is 5.32 Å². The third-order valence-corrected chi connectivity index (χ3v) is 6.06. The molecule has 2 fully saturated rings. The number of likely N-dealkylation sites (tertiary alicyclic amines) is 2. The molecule has 0 bridgehead atoms. The molecule has 4 heteroatoms. The highest BCUT2D eigenvalue weighted by atomic mass is 16.2. The van der Waals surface area contributed by atoms with Crippen molar-refractivity contribution in [3.8, 4) is 0 Å². The lowest BCUT2D eigenvalue weighted by molar-refractivity contribution is 0.0543. The number of anilines is 1. The molecule has 0 unspecified atom stereocenters. The molecule has 24 heavy (non-hydrogen) atoms. The summed E-state index contributed by atoms with van der Waals surface area (Å²) in [5, 5.41) is 3.16. The average molecular weight is 329 g/mol. The van der Waals surface area contributed by atoms with Crippen LogP contribution in [0.1, 0.15) is 48.0 Å². The molecule has 132 valence electrons. The number of aryl methyl sites for hydroxylation is 1. The fourth-order valence-corrected chi connectivity index (χ4v) is 4.30. The number of nitrogens with one attached hydrogen (secondary N) is 1. The molecule has 1 aromatic rings. The second-order valence-electron chi connectivity index (χ2n) is 7.75. The van der Waals surface area contributed by atoms with Crippen molar-refractivity contribution in [1.82, 2.24) is 9.80 Å². The fourth-order valence-electron chi connectivity index (χ4n) is 4.30. The van der Waals surface area contributed by atoms with Crippen LogP contribution in [-0.4, -0.2) is 56.0 Å². The number of benzene rings is 1. The van der Waals surface area contributed by atoms with E-state index in [9.17, 15) is 4.79 Å². The molecule has 2 heterocycles. The zero-order chi connectivity index (χ0) is 17.2. The molecule has 0 aliphatic carbocycles. The van der Waals surface area contributed by atoms with Gasteiger partial charge in [-0.2, -0.15) is 0 Å². The number of hydrogen-bond donors (Lipinski definition) is 1. The molecule has 0 radical (unpaired) electrons. The molecule has 1 N–H and O–H groups in total. The first kappa shape index (κ1) is 17.3. The Balaban J connectivity index is 1.68. The van der Waals surface area contributed by atoms with E-state index < -0.39 is 0 Å². The van der Waals surface area contributed by atoms with Gasteiger partial charge < -0.3 is 15.1 Å². The number of piperidine rings is 1. The van der Waals surface area contributed by atoms with Gasteiger partial charge in [-0.15, -0.1) is 0 Å². The molecule has 0 saturated carbocycles. The van der Waals surface area contributed by atoms with Crippen molar-refractivity contribution in [2.75, 3.05) is 45.6 Å². The van der Waals surface area contributed by atoms with E-state index in [4.69, 9.17) is 0 Å². The highest BCUT2D eigenvalue weighted by Crippen LogP contribution is 2.41. The molecule has 0 atom stereocenters. The van der Waals surface area contributed by atoms with Crippen molar-refractivity contribution < 1.29 is 4.79 Å². The first-order valence-electron chi connectivity index (χ1n) is 9.29. The largest absolute Gasteiger partial charge is 0.387 e. The van der Waals surface area contributed by atoms with Gasteiger partial charge in [-0.1, -0.05) is 11.6 Å². The minimum atomic E-state index is 0.184. The molecule has 1 amide bonds. The molecule has 3 rings (SSSR count). The van der Waals surface area contributed by atoms with Gasteiger partial charge in [-0.05, 0) is 76.7 Å². The van der Waals surface area contributed by atoms with E-state index in [-0.39, 0.29) is 5.91 Å². The van der Waals surface area contributed by atoms with Crippen LogP contribution in [0.25, 0.3) is 0 Å². The second kappa shape index (κ2) is 7.14. The SMILES string of the molecule is CNc1ccc(C)cc1C(=O)N1CCC2(CCCN(C)CC2)CC1. The van der Waals surface area contributed by atoms with Gasteiger partial charge >= 0.3 is 0 Å². The number of carbonyl (C=O) groups is 1. The summed E-state index contributed by atoms with van der Waals surface area (Å²) >= 11 is 0. The van der Waals surface area contributed by atoms with Crippen LogP contribution in [0.3, 0.4) is 0 Å². The maximum Gasteiger partial charge on any atom is 0.255 e. The summed E-state index contributed by atoms with van der Waals surface area (Å²) in [5.41, 5.74) is 3.36. The van der Waals surface area contributed by atoms with Gasteiger partial charge in [0.2, 0.25) is 0 Å². The Morgan fingerprint density at radius 3 is 2.50 bits per heavy atom. The van der Waals surface area contributed by atoms with E-state index in [2.05, 4.69) is 28.2 Å². The minimum Gasteiger partial charge on any atom is -0.387 e. The Morgan fingerprint density at radius 1 is 1.08 bits per heavy atom. The molecule has 1 aromatic carbocycles. The van der Waals surface area contributed by atoms with E-state index in [0.717, 1.165) is 42.7 Å². The Labute approximate surface area is 146 Å². The number of nitrogens with zero attached hydrogens (tertiary/aromatic N) is 2. The lowest BCUT2D eigenvalue weighted by atomic mass is 9.73. The summed E-state index contributed by atoms with van der Waals surface area (Å²) in [6.07, 6.45) is 6.23. The van der Waals surface area contributed by atoms with Crippen molar-refractivity contribution in [3.05, 3.63) is 29.3 Å². The van der Waals surface area contributed by atoms with E-state index in [1.807, 2.05) is 26.1 Å². The van der Waals surface area contributed by atoms with Crippen LogP contribution >= 0.6 is 0 Å². The lowest BCUT2D eigenvalue weighted by Crippen LogP contribution is -2.43.